The molecule has 0 aromatic heterocycles. The van der Waals surface area contributed by atoms with Crippen molar-refractivity contribution in [1.82, 2.24) is 0 Å². The zero-order valence-corrected chi connectivity index (χ0v) is 13.8. The number of halogens is 1. The molecule has 1 nitrogen and oxygen atoms in total. The third kappa shape index (κ3) is 4.24. The van der Waals surface area contributed by atoms with Gasteiger partial charge in [-0.15, -0.1) is 0 Å². The van der Waals surface area contributed by atoms with Gasteiger partial charge in [-0.3, -0.25) is 0 Å². The van der Waals surface area contributed by atoms with Crippen LogP contribution in [0.4, 0.5) is 5.69 Å². The van der Waals surface area contributed by atoms with Crippen LogP contribution in [0.3, 0.4) is 0 Å². The van der Waals surface area contributed by atoms with Gasteiger partial charge in [0, 0.05) is 16.2 Å². The van der Waals surface area contributed by atoms with Gasteiger partial charge in [-0.05, 0) is 55.4 Å². The Morgan fingerprint density at radius 1 is 1.16 bits per heavy atom. The van der Waals surface area contributed by atoms with Crippen LogP contribution in [0.15, 0.2) is 22.7 Å². The summed E-state index contributed by atoms with van der Waals surface area (Å²) in [6.07, 6.45) is 9.31. The summed E-state index contributed by atoms with van der Waals surface area (Å²) < 4.78 is 1.18. The maximum atomic E-state index is 3.79. The number of hydrogen-bond acceptors (Lipinski definition) is 1. The zero-order chi connectivity index (χ0) is 13.7. The van der Waals surface area contributed by atoms with Crippen LogP contribution in [0.25, 0.3) is 0 Å². The molecule has 1 fully saturated rings. The second kappa shape index (κ2) is 7.33. The molecule has 1 aliphatic rings. The molecule has 0 spiro atoms. The quantitative estimate of drug-likeness (QED) is 0.692. The molecule has 0 bridgehead atoms. The fourth-order valence-electron chi connectivity index (χ4n) is 3.15. The summed E-state index contributed by atoms with van der Waals surface area (Å²) in [7, 11) is 0. The molecular weight excluding hydrogens is 298 g/mol. The summed E-state index contributed by atoms with van der Waals surface area (Å²) in [5.41, 5.74) is 2.76. The highest BCUT2D eigenvalue weighted by Gasteiger charge is 2.18. The fourth-order valence-corrected chi connectivity index (χ4v) is 3.56. The SMILES string of the molecule is CCc1cc(Br)ccc1NC1CCCC(CC)CC1. The van der Waals surface area contributed by atoms with E-state index >= 15 is 0 Å². The van der Waals surface area contributed by atoms with E-state index in [1.165, 1.54) is 54.2 Å². The van der Waals surface area contributed by atoms with Crippen LogP contribution in [0.1, 0.15) is 57.9 Å². The lowest BCUT2D eigenvalue weighted by Crippen LogP contribution is -2.19. The third-order valence-electron chi connectivity index (χ3n) is 4.47. The molecule has 0 aliphatic heterocycles. The van der Waals surface area contributed by atoms with Crippen molar-refractivity contribution in [2.45, 2.75) is 64.8 Å². The lowest BCUT2D eigenvalue weighted by atomic mass is 9.97. The number of anilines is 1. The van der Waals surface area contributed by atoms with Crippen LogP contribution < -0.4 is 5.32 Å². The average Bonchev–Trinajstić information content (AvgIpc) is 2.66. The molecule has 1 aromatic carbocycles. The van der Waals surface area contributed by atoms with E-state index in [0.29, 0.717) is 6.04 Å². The summed E-state index contributed by atoms with van der Waals surface area (Å²) >= 11 is 3.56. The van der Waals surface area contributed by atoms with E-state index in [1.807, 2.05) is 0 Å². The first-order valence-corrected chi connectivity index (χ1v) is 8.57. The van der Waals surface area contributed by atoms with Crippen LogP contribution in [-0.4, -0.2) is 6.04 Å². The molecule has 2 rings (SSSR count). The maximum Gasteiger partial charge on any atom is 0.0375 e. The average molecular weight is 324 g/mol. The molecule has 2 heteroatoms. The smallest absolute Gasteiger partial charge is 0.0375 e. The Morgan fingerprint density at radius 2 is 2.00 bits per heavy atom. The first kappa shape index (κ1) is 14.9. The standard InChI is InChI=1S/C17H26BrN/c1-3-13-6-5-7-16(10-8-13)19-17-11-9-15(18)12-14(17)4-2/h9,11-13,16,19H,3-8,10H2,1-2H3. The predicted octanol–water partition coefficient (Wildman–Crippen LogP) is 5.78. The highest BCUT2D eigenvalue weighted by atomic mass is 79.9. The molecule has 2 unspecified atom stereocenters. The zero-order valence-electron chi connectivity index (χ0n) is 12.2. The lowest BCUT2D eigenvalue weighted by molar-refractivity contribution is 0.444. The van der Waals surface area contributed by atoms with Crippen molar-refractivity contribution in [3.63, 3.8) is 0 Å². The molecule has 19 heavy (non-hydrogen) atoms. The topological polar surface area (TPSA) is 12.0 Å². The molecule has 1 aromatic rings. The largest absolute Gasteiger partial charge is 0.382 e. The summed E-state index contributed by atoms with van der Waals surface area (Å²) in [6.45, 7) is 4.56. The van der Waals surface area contributed by atoms with E-state index in [-0.39, 0.29) is 0 Å². The van der Waals surface area contributed by atoms with Gasteiger partial charge >= 0.3 is 0 Å². The van der Waals surface area contributed by atoms with Gasteiger partial charge in [0.15, 0.2) is 0 Å². The van der Waals surface area contributed by atoms with Gasteiger partial charge in [-0.2, -0.15) is 0 Å². The van der Waals surface area contributed by atoms with Crippen LogP contribution in [0.5, 0.6) is 0 Å². The molecule has 1 N–H and O–H groups in total. The van der Waals surface area contributed by atoms with Crippen LogP contribution in [-0.2, 0) is 6.42 Å². The first-order chi connectivity index (χ1) is 9.22. The van der Waals surface area contributed by atoms with Gasteiger partial charge in [0.2, 0.25) is 0 Å². The van der Waals surface area contributed by atoms with Crippen molar-refractivity contribution >= 4 is 21.6 Å². The van der Waals surface area contributed by atoms with Crippen molar-refractivity contribution in [3.8, 4) is 0 Å². The summed E-state index contributed by atoms with van der Waals surface area (Å²) in [4.78, 5) is 0. The van der Waals surface area contributed by atoms with E-state index in [9.17, 15) is 0 Å². The van der Waals surface area contributed by atoms with E-state index in [0.717, 1.165) is 12.3 Å². The summed E-state index contributed by atoms with van der Waals surface area (Å²) in [6, 6.07) is 7.29. The first-order valence-electron chi connectivity index (χ1n) is 7.77. The predicted molar refractivity (Wildman–Crippen MR) is 87.8 cm³/mol. The number of rotatable bonds is 4. The van der Waals surface area contributed by atoms with Gasteiger partial charge in [0.05, 0.1) is 0 Å². The Hall–Kier alpha value is -0.500. The minimum Gasteiger partial charge on any atom is -0.382 e. The minimum absolute atomic E-state index is 0.669. The number of aryl methyl sites for hydroxylation is 1. The van der Waals surface area contributed by atoms with E-state index in [4.69, 9.17) is 0 Å². The highest BCUT2D eigenvalue weighted by molar-refractivity contribution is 9.10. The molecule has 106 valence electrons. The number of nitrogens with one attached hydrogen (secondary N) is 1. The van der Waals surface area contributed by atoms with Gasteiger partial charge in [0.25, 0.3) is 0 Å². The minimum atomic E-state index is 0.669. The van der Waals surface area contributed by atoms with E-state index < -0.39 is 0 Å². The Bertz CT molecular complexity index is 402. The van der Waals surface area contributed by atoms with Crippen LogP contribution in [0.2, 0.25) is 0 Å². The van der Waals surface area contributed by atoms with Crippen molar-refractivity contribution in [2.75, 3.05) is 5.32 Å². The molecule has 0 radical (unpaired) electrons. The molecule has 0 amide bonds. The molecular formula is C17H26BrN. The molecule has 2 atom stereocenters. The number of hydrogen-bond donors (Lipinski definition) is 1. The van der Waals surface area contributed by atoms with Crippen molar-refractivity contribution < 1.29 is 0 Å². The third-order valence-corrected chi connectivity index (χ3v) is 4.97. The Morgan fingerprint density at radius 3 is 2.74 bits per heavy atom. The Balaban J connectivity index is 2.00. The maximum absolute atomic E-state index is 3.79. The summed E-state index contributed by atoms with van der Waals surface area (Å²) in [5.74, 6) is 0.961. The van der Waals surface area contributed by atoms with Gasteiger partial charge in [-0.25, -0.2) is 0 Å². The molecule has 0 saturated heterocycles. The van der Waals surface area contributed by atoms with Crippen LogP contribution in [0, 0.1) is 5.92 Å². The number of benzene rings is 1. The Labute approximate surface area is 126 Å². The van der Waals surface area contributed by atoms with Crippen LogP contribution >= 0.6 is 15.9 Å². The normalized spacial score (nSPS) is 23.9. The van der Waals surface area contributed by atoms with Crippen molar-refractivity contribution in [1.29, 1.82) is 0 Å². The van der Waals surface area contributed by atoms with Gasteiger partial charge in [0.1, 0.15) is 0 Å². The lowest BCUT2D eigenvalue weighted by Gasteiger charge is -2.20. The molecule has 1 saturated carbocycles. The van der Waals surface area contributed by atoms with E-state index in [2.05, 4.69) is 53.3 Å². The van der Waals surface area contributed by atoms with E-state index in [1.54, 1.807) is 0 Å². The highest BCUT2D eigenvalue weighted by Crippen LogP contribution is 2.29. The second-order valence-corrected chi connectivity index (χ2v) is 6.69. The van der Waals surface area contributed by atoms with Gasteiger partial charge in [-0.1, -0.05) is 49.0 Å². The monoisotopic (exact) mass is 323 g/mol. The van der Waals surface area contributed by atoms with Crippen molar-refractivity contribution in [2.24, 2.45) is 5.92 Å². The van der Waals surface area contributed by atoms with Crippen molar-refractivity contribution in [3.05, 3.63) is 28.2 Å². The van der Waals surface area contributed by atoms with Gasteiger partial charge < -0.3 is 5.32 Å². The fraction of sp³-hybridized carbons (Fsp3) is 0.647. The molecule has 0 heterocycles. The second-order valence-electron chi connectivity index (χ2n) is 5.78. The Kier molecular flexibility index (Phi) is 5.75. The summed E-state index contributed by atoms with van der Waals surface area (Å²) in [5, 5.41) is 3.79. The molecule has 1 aliphatic carbocycles.